The van der Waals surface area contributed by atoms with Gasteiger partial charge >= 0.3 is 0 Å². The molecule has 2 aromatic rings. The quantitative estimate of drug-likeness (QED) is 0.480. The van der Waals surface area contributed by atoms with Crippen molar-refractivity contribution in [3.8, 4) is 5.75 Å². The summed E-state index contributed by atoms with van der Waals surface area (Å²) < 4.78 is 5.25. The molecule has 0 fully saturated rings. The van der Waals surface area contributed by atoms with Crippen LogP contribution in [0.25, 0.3) is 0 Å². The van der Waals surface area contributed by atoms with E-state index in [4.69, 9.17) is 22.2 Å². The molecule has 112 valence electrons. The molecule has 1 atom stereocenters. The third-order valence-electron chi connectivity index (χ3n) is 3.28. The third-order valence-corrected chi connectivity index (χ3v) is 4.86. The van der Waals surface area contributed by atoms with Gasteiger partial charge in [-0.15, -0.1) is 11.8 Å². The predicted octanol–water partition coefficient (Wildman–Crippen LogP) is 3.95. The summed E-state index contributed by atoms with van der Waals surface area (Å²) in [4.78, 5) is 1.26. The highest BCUT2D eigenvalue weighted by Crippen LogP contribution is 2.31. The van der Waals surface area contributed by atoms with Crippen molar-refractivity contribution in [2.45, 2.75) is 17.9 Å². The standard InChI is InChI=1S/C16H19ClN2OS/c1-11-5-3-4-6-16(11)21-10-14(19-18)12-7-8-13(17)15(9-12)20-2/h3-9,14,19H,10,18H2,1-2H3. The Morgan fingerprint density at radius 3 is 2.71 bits per heavy atom. The van der Waals surface area contributed by atoms with Crippen LogP contribution in [0.2, 0.25) is 5.02 Å². The Kier molecular flexibility index (Phi) is 5.94. The normalized spacial score (nSPS) is 12.2. The second kappa shape index (κ2) is 7.71. The van der Waals surface area contributed by atoms with Crippen LogP contribution in [0.5, 0.6) is 5.75 Å². The van der Waals surface area contributed by atoms with Crippen molar-refractivity contribution in [3.63, 3.8) is 0 Å². The smallest absolute Gasteiger partial charge is 0.137 e. The van der Waals surface area contributed by atoms with Crippen molar-refractivity contribution >= 4 is 23.4 Å². The number of aryl methyl sites for hydroxylation is 1. The summed E-state index contributed by atoms with van der Waals surface area (Å²) in [6.07, 6.45) is 0. The van der Waals surface area contributed by atoms with Gasteiger partial charge in [0.25, 0.3) is 0 Å². The molecule has 1 unspecified atom stereocenters. The molecular formula is C16H19ClN2OS. The van der Waals surface area contributed by atoms with Crippen LogP contribution in [0.4, 0.5) is 0 Å². The Hall–Kier alpha value is -1.20. The van der Waals surface area contributed by atoms with Crippen molar-refractivity contribution in [2.24, 2.45) is 5.84 Å². The molecule has 5 heteroatoms. The van der Waals surface area contributed by atoms with E-state index in [1.807, 2.05) is 30.3 Å². The average molecular weight is 323 g/mol. The summed E-state index contributed by atoms with van der Waals surface area (Å²) in [5, 5.41) is 0.601. The molecule has 2 rings (SSSR count). The first-order valence-electron chi connectivity index (χ1n) is 6.63. The summed E-state index contributed by atoms with van der Waals surface area (Å²) in [6.45, 7) is 2.11. The minimum atomic E-state index is 0.0285. The molecule has 3 N–H and O–H groups in total. The van der Waals surface area contributed by atoms with Crippen LogP contribution in [0.3, 0.4) is 0 Å². The first kappa shape index (κ1) is 16.2. The number of methoxy groups -OCH3 is 1. The van der Waals surface area contributed by atoms with Gasteiger partial charge in [0, 0.05) is 10.6 Å². The van der Waals surface area contributed by atoms with Gasteiger partial charge < -0.3 is 4.74 Å². The third kappa shape index (κ3) is 4.14. The molecule has 0 bridgehead atoms. The van der Waals surface area contributed by atoms with Crippen molar-refractivity contribution in [3.05, 3.63) is 58.6 Å². The number of halogens is 1. The molecule has 0 spiro atoms. The monoisotopic (exact) mass is 322 g/mol. The Bertz CT molecular complexity index is 607. The molecule has 0 saturated carbocycles. The number of hydrogen-bond acceptors (Lipinski definition) is 4. The van der Waals surface area contributed by atoms with Gasteiger partial charge in [0.2, 0.25) is 0 Å². The lowest BCUT2D eigenvalue weighted by Crippen LogP contribution is -2.29. The van der Waals surface area contributed by atoms with Gasteiger partial charge in [-0.2, -0.15) is 0 Å². The summed E-state index contributed by atoms with van der Waals surface area (Å²) in [7, 11) is 1.61. The molecule has 0 aromatic heterocycles. The molecule has 0 aliphatic heterocycles. The number of ether oxygens (including phenoxy) is 1. The number of nitrogens with two attached hydrogens (primary N) is 1. The summed E-state index contributed by atoms with van der Waals surface area (Å²) in [5.41, 5.74) is 5.19. The van der Waals surface area contributed by atoms with Crippen LogP contribution in [-0.4, -0.2) is 12.9 Å². The largest absolute Gasteiger partial charge is 0.495 e. The lowest BCUT2D eigenvalue weighted by atomic mass is 10.1. The fraction of sp³-hybridized carbons (Fsp3) is 0.250. The summed E-state index contributed by atoms with van der Waals surface area (Å²) >= 11 is 7.83. The zero-order valence-electron chi connectivity index (χ0n) is 12.1. The van der Waals surface area contributed by atoms with E-state index in [9.17, 15) is 0 Å². The Morgan fingerprint density at radius 1 is 1.29 bits per heavy atom. The second-order valence-corrected chi connectivity index (χ2v) is 6.16. The Labute approximate surface area is 134 Å². The van der Waals surface area contributed by atoms with Crippen LogP contribution in [-0.2, 0) is 0 Å². The van der Waals surface area contributed by atoms with E-state index in [2.05, 4.69) is 24.5 Å². The highest BCUT2D eigenvalue weighted by molar-refractivity contribution is 7.99. The molecule has 3 nitrogen and oxygen atoms in total. The Balaban J connectivity index is 2.11. The average Bonchev–Trinajstić information content (AvgIpc) is 2.51. The molecular weight excluding hydrogens is 304 g/mol. The van der Waals surface area contributed by atoms with Gasteiger partial charge in [-0.1, -0.05) is 35.9 Å². The van der Waals surface area contributed by atoms with Gasteiger partial charge in [-0.3, -0.25) is 11.3 Å². The van der Waals surface area contributed by atoms with Gasteiger partial charge in [-0.25, -0.2) is 0 Å². The molecule has 21 heavy (non-hydrogen) atoms. The minimum Gasteiger partial charge on any atom is -0.495 e. The van der Waals surface area contributed by atoms with E-state index in [1.54, 1.807) is 18.9 Å². The zero-order valence-corrected chi connectivity index (χ0v) is 13.7. The van der Waals surface area contributed by atoms with Crippen LogP contribution >= 0.6 is 23.4 Å². The zero-order chi connectivity index (χ0) is 15.2. The van der Waals surface area contributed by atoms with Gasteiger partial charge in [0.15, 0.2) is 0 Å². The molecule has 0 amide bonds. The summed E-state index contributed by atoms with van der Waals surface area (Å²) in [6, 6.07) is 14.1. The van der Waals surface area contributed by atoms with E-state index >= 15 is 0 Å². The molecule has 0 aliphatic carbocycles. The van der Waals surface area contributed by atoms with Crippen molar-refractivity contribution in [1.29, 1.82) is 0 Å². The number of benzene rings is 2. The first-order chi connectivity index (χ1) is 10.2. The maximum atomic E-state index is 6.06. The topological polar surface area (TPSA) is 47.3 Å². The van der Waals surface area contributed by atoms with Crippen molar-refractivity contribution in [2.75, 3.05) is 12.9 Å². The lowest BCUT2D eigenvalue weighted by Gasteiger charge is -2.17. The minimum absolute atomic E-state index is 0.0285. The van der Waals surface area contributed by atoms with E-state index in [1.165, 1.54) is 10.5 Å². The van der Waals surface area contributed by atoms with Crippen LogP contribution in [0.1, 0.15) is 17.2 Å². The van der Waals surface area contributed by atoms with E-state index in [-0.39, 0.29) is 6.04 Å². The van der Waals surface area contributed by atoms with Gasteiger partial charge in [0.05, 0.1) is 18.2 Å². The van der Waals surface area contributed by atoms with Gasteiger partial charge in [-0.05, 0) is 36.2 Å². The number of nitrogens with one attached hydrogen (secondary N) is 1. The van der Waals surface area contributed by atoms with E-state index in [0.717, 1.165) is 11.3 Å². The summed E-state index contributed by atoms with van der Waals surface area (Å²) in [5.74, 6) is 7.19. The maximum absolute atomic E-state index is 6.06. The molecule has 0 heterocycles. The molecule has 0 radical (unpaired) electrons. The van der Waals surface area contributed by atoms with Crippen LogP contribution in [0, 0.1) is 6.92 Å². The second-order valence-electron chi connectivity index (χ2n) is 4.69. The van der Waals surface area contributed by atoms with Gasteiger partial charge in [0.1, 0.15) is 5.75 Å². The highest BCUT2D eigenvalue weighted by Gasteiger charge is 2.13. The van der Waals surface area contributed by atoms with E-state index in [0.29, 0.717) is 10.8 Å². The SMILES string of the molecule is COc1cc(C(CSc2ccccc2C)NN)ccc1Cl. The van der Waals surface area contributed by atoms with Crippen molar-refractivity contribution < 1.29 is 4.74 Å². The molecule has 2 aromatic carbocycles. The highest BCUT2D eigenvalue weighted by atomic mass is 35.5. The van der Waals surface area contributed by atoms with E-state index < -0.39 is 0 Å². The fourth-order valence-corrected chi connectivity index (χ4v) is 3.33. The number of rotatable bonds is 6. The number of hydrazine groups is 1. The predicted molar refractivity (Wildman–Crippen MR) is 90.0 cm³/mol. The lowest BCUT2D eigenvalue weighted by molar-refractivity contribution is 0.413. The molecule has 0 aliphatic rings. The molecule has 0 saturated heterocycles. The maximum Gasteiger partial charge on any atom is 0.137 e. The van der Waals surface area contributed by atoms with Crippen molar-refractivity contribution in [1.82, 2.24) is 5.43 Å². The fourth-order valence-electron chi connectivity index (χ4n) is 2.03. The van der Waals surface area contributed by atoms with Crippen LogP contribution in [0.15, 0.2) is 47.4 Å². The Morgan fingerprint density at radius 2 is 2.05 bits per heavy atom. The number of hydrogen-bond donors (Lipinski definition) is 2. The first-order valence-corrected chi connectivity index (χ1v) is 8.00. The van der Waals surface area contributed by atoms with Crippen LogP contribution < -0.4 is 16.0 Å². The number of thioether (sulfide) groups is 1.